The maximum absolute atomic E-state index is 11.5. The Bertz CT molecular complexity index is 707. The Morgan fingerprint density at radius 1 is 0.731 bits per heavy atom. The van der Waals surface area contributed by atoms with Crippen molar-refractivity contribution in [2.24, 2.45) is 0 Å². The normalized spacial score (nSPS) is 10.2. The van der Waals surface area contributed by atoms with Crippen molar-refractivity contribution in [2.75, 3.05) is 13.2 Å². The minimum absolute atomic E-state index is 0.000298. The zero-order valence-corrected chi connectivity index (χ0v) is 13.7. The predicted octanol–water partition coefficient (Wildman–Crippen LogP) is 3.44. The van der Waals surface area contributed by atoms with E-state index < -0.39 is 16.0 Å². The lowest BCUT2D eigenvalue weighted by Gasteiger charge is -2.06. The Hall–Kier alpha value is -3.49. The van der Waals surface area contributed by atoms with E-state index in [9.17, 15) is 25.0 Å². The Morgan fingerprint density at radius 3 is 1.38 bits per heavy atom. The zero-order chi connectivity index (χ0) is 18.9. The van der Waals surface area contributed by atoms with Gasteiger partial charge < -0.3 is 9.47 Å². The largest absolute Gasteiger partial charge is 0.508 e. The third-order valence-corrected chi connectivity index (χ3v) is 3.52. The van der Waals surface area contributed by atoms with Gasteiger partial charge in [-0.2, -0.15) is 0 Å². The van der Waals surface area contributed by atoms with Crippen LogP contribution in [0.3, 0.4) is 0 Å². The monoisotopic (exact) mass is 360 g/mol. The molecule has 0 unspecified atom stereocenters. The van der Waals surface area contributed by atoms with E-state index in [0.717, 1.165) is 11.1 Å². The van der Waals surface area contributed by atoms with Crippen LogP contribution in [0.4, 0.5) is 16.2 Å². The smallest absolute Gasteiger partial charge is 0.434 e. The lowest BCUT2D eigenvalue weighted by atomic mass is 10.1. The van der Waals surface area contributed by atoms with Crippen LogP contribution in [-0.4, -0.2) is 29.2 Å². The molecule has 2 aromatic rings. The molecule has 0 aliphatic carbocycles. The Labute approximate surface area is 148 Å². The first-order valence-electron chi connectivity index (χ1n) is 7.72. The molecule has 26 heavy (non-hydrogen) atoms. The molecule has 0 spiro atoms. The molecule has 0 bridgehead atoms. The molecule has 0 saturated heterocycles. The molecule has 0 heterocycles. The lowest BCUT2D eigenvalue weighted by molar-refractivity contribution is -0.385. The molecule has 0 atom stereocenters. The third kappa shape index (κ3) is 5.86. The fourth-order valence-electron chi connectivity index (χ4n) is 2.11. The van der Waals surface area contributed by atoms with Crippen molar-refractivity contribution < 1.29 is 24.1 Å². The van der Waals surface area contributed by atoms with Gasteiger partial charge in [0.05, 0.1) is 23.1 Å². The van der Waals surface area contributed by atoms with Crippen LogP contribution in [0.25, 0.3) is 0 Å². The maximum Gasteiger partial charge on any atom is 0.508 e. The fourth-order valence-corrected chi connectivity index (χ4v) is 2.11. The summed E-state index contributed by atoms with van der Waals surface area (Å²) in [5, 5.41) is 21.1. The summed E-state index contributed by atoms with van der Waals surface area (Å²) in [5.74, 6) is 0. The number of non-ortho nitro benzene ring substituents is 2. The van der Waals surface area contributed by atoms with E-state index in [0.29, 0.717) is 12.8 Å². The highest BCUT2D eigenvalue weighted by molar-refractivity contribution is 5.59. The minimum atomic E-state index is -0.811. The number of hydrogen-bond donors (Lipinski definition) is 0. The van der Waals surface area contributed by atoms with E-state index in [1.165, 1.54) is 24.3 Å². The maximum atomic E-state index is 11.5. The molecule has 0 fully saturated rings. The SMILES string of the molecule is O=C(OCCc1ccc([N+](=O)[O-])cc1)OCCc1ccc([N+](=O)[O-])cc1. The van der Waals surface area contributed by atoms with Gasteiger partial charge in [0.1, 0.15) is 0 Å². The Balaban J connectivity index is 1.65. The molecule has 0 aromatic heterocycles. The molecule has 9 nitrogen and oxygen atoms in total. The van der Waals surface area contributed by atoms with Crippen molar-refractivity contribution in [2.45, 2.75) is 12.8 Å². The third-order valence-electron chi connectivity index (χ3n) is 3.52. The molecule has 9 heteroatoms. The van der Waals surface area contributed by atoms with Gasteiger partial charge in [0, 0.05) is 37.1 Å². The van der Waals surface area contributed by atoms with Crippen molar-refractivity contribution in [1.29, 1.82) is 0 Å². The quantitative estimate of drug-likeness (QED) is 0.401. The first-order chi connectivity index (χ1) is 12.5. The second-order valence-corrected chi connectivity index (χ2v) is 5.29. The van der Waals surface area contributed by atoms with Crippen LogP contribution < -0.4 is 0 Å². The van der Waals surface area contributed by atoms with E-state index >= 15 is 0 Å². The lowest BCUT2D eigenvalue weighted by Crippen LogP contribution is -2.12. The molecule has 0 aliphatic heterocycles. The first-order valence-corrected chi connectivity index (χ1v) is 7.72. The van der Waals surface area contributed by atoms with Crippen LogP contribution in [0.5, 0.6) is 0 Å². The number of nitro groups is 2. The van der Waals surface area contributed by atoms with Crippen molar-refractivity contribution in [1.82, 2.24) is 0 Å². The summed E-state index contributed by atoms with van der Waals surface area (Å²) < 4.78 is 9.86. The van der Waals surface area contributed by atoms with Crippen molar-refractivity contribution in [3.05, 3.63) is 79.9 Å². The average Bonchev–Trinajstić information content (AvgIpc) is 2.62. The second kappa shape index (κ2) is 9.11. The van der Waals surface area contributed by atoms with Gasteiger partial charge >= 0.3 is 6.16 Å². The topological polar surface area (TPSA) is 122 Å². The van der Waals surface area contributed by atoms with Gasteiger partial charge in [-0.05, 0) is 11.1 Å². The van der Waals surface area contributed by atoms with Crippen molar-refractivity contribution in [3.8, 4) is 0 Å². The number of carbonyl (C=O) groups is 1. The Kier molecular flexibility index (Phi) is 6.60. The van der Waals surface area contributed by atoms with Crippen LogP contribution >= 0.6 is 0 Å². The number of nitrogens with zero attached hydrogens (tertiary/aromatic N) is 2. The number of hydrogen-bond acceptors (Lipinski definition) is 7. The summed E-state index contributed by atoms with van der Waals surface area (Å²) in [6.07, 6.45) is 0.0130. The van der Waals surface area contributed by atoms with Crippen molar-refractivity contribution in [3.63, 3.8) is 0 Å². The number of rotatable bonds is 8. The predicted molar refractivity (Wildman–Crippen MR) is 90.9 cm³/mol. The summed E-state index contributed by atoms with van der Waals surface area (Å²) in [5.41, 5.74) is 1.60. The second-order valence-electron chi connectivity index (χ2n) is 5.29. The molecule has 2 rings (SSSR count). The fraction of sp³-hybridized carbons (Fsp3) is 0.235. The van der Waals surface area contributed by atoms with Crippen molar-refractivity contribution >= 4 is 17.5 Å². The van der Waals surface area contributed by atoms with Crippen LogP contribution in [0.2, 0.25) is 0 Å². The summed E-state index contributed by atoms with van der Waals surface area (Å²) in [7, 11) is 0. The van der Waals surface area contributed by atoms with E-state index in [2.05, 4.69) is 0 Å². The van der Waals surface area contributed by atoms with E-state index in [1.807, 2.05) is 0 Å². The molecule has 0 aliphatic rings. The van der Waals surface area contributed by atoms with Gasteiger partial charge in [0.25, 0.3) is 11.4 Å². The highest BCUT2D eigenvalue weighted by atomic mass is 16.7. The van der Waals surface area contributed by atoms with Gasteiger partial charge in [-0.3, -0.25) is 20.2 Å². The van der Waals surface area contributed by atoms with Crippen LogP contribution in [0.15, 0.2) is 48.5 Å². The van der Waals surface area contributed by atoms with Crippen LogP contribution in [0.1, 0.15) is 11.1 Å². The molecule has 136 valence electrons. The van der Waals surface area contributed by atoms with Gasteiger partial charge in [-0.25, -0.2) is 4.79 Å². The molecule has 0 radical (unpaired) electrons. The van der Waals surface area contributed by atoms with E-state index in [4.69, 9.17) is 9.47 Å². The summed E-state index contributed by atoms with van der Waals surface area (Å²) >= 11 is 0. The van der Waals surface area contributed by atoms with Gasteiger partial charge in [0.15, 0.2) is 0 Å². The number of carbonyl (C=O) groups excluding carboxylic acids is 1. The molecule has 2 aromatic carbocycles. The van der Waals surface area contributed by atoms with E-state index in [-0.39, 0.29) is 24.6 Å². The van der Waals surface area contributed by atoms with E-state index in [1.54, 1.807) is 24.3 Å². The van der Waals surface area contributed by atoms with Gasteiger partial charge in [-0.1, -0.05) is 24.3 Å². The van der Waals surface area contributed by atoms with Crippen LogP contribution in [-0.2, 0) is 22.3 Å². The van der Waals surface area contributed by atoms with Gasteiger partial charge in [0.2, 0.25) is 0 Å². The van der Waals surface area contributed by atoms with Crippen LogP contribution in [0, 0.1) is 20.2 Å². The zero-order valence-electron chi connectivity index (χ0n) is 13.7. The highest BCUT2D eigenvalue weighted by Crippen LogP contribution is 2.13. The summed E-state index contributed by atoms with van der Waals surface area (Å²) in [6, 6.07) is 11.9. The molecule has 0 saturated carbocycles. The van der Waals surface area contributed by atoms with Gasteiger partial charge in [-0.15, -0.1) is 0 Å². The molecular weight excluding hydrogens is 344 g/mol. The number of ether oxygens (including phenoxy) is 2. The number of benzene rings is 2. The summed E-state index contributed by atoms with van der Waals surface area (Å²) in [4.78, 5) is 31.6. The standard InChI is InChI=1S/C17H16N2O7/c20-17(25-11-9-13-1-5-15(6-2-13)18(21)22)26-12-10-14-3-7-16(8-4-14)19(23)24/h1-8H,9-12H2. The Morgan fingerprint density at radius 2 is 1.08 bits per heavy atom. The highest BCUT2D eigenvalue weighted by Gasteiger charge is 2.08. The average molecular weight is 360 g/mol. The first kappa shape index (κ1) is 18.8. The number of nitro benzene ring substituents is 2. The minimum Gasteiger partial charge on any atom is -0.434 e. The molecule has 0 amide bonds. The summed E-state index contributed by atoms with van der Waals surface area (Å²) in [6.45, 7) is 0.183. The molecule has 0 N–H and O–H groups in total. The molecular formula is C17H16N2O7.